The van der Waals surface area contributed by atoms with Crippen LogP contribution in [0.25, 0.3) is 0 Å². The van der Waals surface area contributed by atoms with Crippen LogP contribution in [-0.4, -0.2) is 37.2 Å². The minimum absolute atomic E-state index is 0.0707. The zero-order valence-electron chi connectivity index (χ0n) is 9.79. The van der Waals surface area contributed by atoms with Crippen LogP contribution < -0.4 is 11.4 Å². The van der Waals surface area contributed by atoms with Crippen LogP contribution in [0.15, 0.2) is 29.0 Å². The maximum atomic E-state index is 11.3. The van der Waals surface area contributed by atoms with E-state index in [4.69, 9.17) is 25.4 Å². The highest BCUT2D eigenvalue weighted by Gasteiger charge is 2.10. The summed E-state index contributed by atoms with van der Waals surface area (Å²) in [7, 11) is -4.31. The fourth-order valence-corrected chi connectivity index (χ4v) is 1.51. The van der Waals surface area contributed by atoms with Crippen LogP contribution in [-0.2, 0) is 16.0 Å². The lowest BCUT2D eigenvalue weighted by molar-refractivity contribution is 0.00130. The lowest BCUT2D eigenvalue weighted by atomic mass is 10.4. The highest BCUT2D eigenvalue weighted by molar-refractivity contribution is 7.55. The third kappa shape index (κ3) is 5.77. The number of rotatable bonds is 6. The number of aliphatic hydroxyl groups excluding tert-OH is 1. The predicted molar refractivity (Wildman–Crippen MR) is 66.1 cm³/mol. The van der Waals surface area contributed by atoms with Crippen molar-refractivity contribution in [2.75, 3.05) is 12.3 Å². The SMILES string of the molecule is Nc1ccn(COC(/C=C/P(=O)(O)O)CO)c(=O)n1. The van der Waals surface area contributed by atoms with Gasteiger partial charge in [0.1, 0.15) is 18.7 Å². The van der Waals surface area contributed by atoms with Gasteiger partial charge >= 0.3 is 13.3 Å². The second-order valence-electron chi connectivity index (χ2n) is 3.55. The van der Waals surface area contributed by atoms with Crippen LogP contribution in [0.2, 0.25) is 0 Å². The van der Waals surface area contributed by atoms with Crippen molar-refractivity contribution in [1.29, 1.82) is 0 Å². The van der Waals surface area contributed by atoms with Crippen molar-refractivity contribution in [2.45, 2.75) is 12.8 Å². The molecule has 1 aromatic heterocycles. The summed E-state index contributed by atoms with van der Waals surface area (Å²) in [5.74, 6) is 0.694. The van der Waals surface area contributed by atoms with E-state index in [0.717, 1.165) is 10.6 Å². The van der Waals surface area contributed by atoms with Gasteiger partial charge in [-0.25, -0.2) is 4.79 Å². The number of nitrogens with two attached hydrogens (primary N) is 1. The van der Waals surface area contributed by atoms with Crippen molar-refractivity contribution in [3.05, 3.63) is 34.6 Å². The zero-order chi connectivity index (χ0) is 14.5. The normalized spacial score (nSPS) is 13.8. The van der Waals surface area contributed by atoms with Gasteiger partial charge in [0.25, 0.3) is 0 Å². The standard InChI is InChI=1S/C9H14N3O6P/c10-8-1-3-12(9(14)11-8)6-18-7(5-13)2-4-19(15,16)17/h1-4,7,13H,5-6H2,(H2,10,11,14)(H2,15,16,17)/b4-2+. The summed E-state index contributed by atoms with van der Waals surface area (Å²) in [5.41, 5.74) is 4.67. The van der Waals surface area contributed by atoms with Gasteiger partial charge in [0.15, 0.2) is 0 Å². The maximum absolute atomic E-state index is 11.3. The highest BCUT2D eigenvalue weighted by atomic mass is 31.2. The molecule has 106 valence electrons. The Labute approximate surface area is 108 Å². The first kappa shape index (κ1) is 15.5. The number of aromatic nitrogens is 2. The molecule has 0 fully saturated rings. The van der Waals surface area contributed by atoms with Crippen LogP contribution in [0.1, 0.15) is 0 Å². The number of hydrogen-bond donors (Lipinski definition) is 4. The molecule has 0 aromatic carbocycles. The first-order valence-corrected chi connectivity index (χ1v) is 6.80. The summed E-state index contributed by atoms with van der Waals surface area (Å²) >= 11 is 0. The average Bonchev–Trinajstić information content (AvgIpc) is 2.30. The van der Waals surface area contributed by atoms with Crippen molar-refractivity contribution in [1.82, 2.24) is 9.55 Å². The largest absolute Gasteiger partial charge is 0.393 e. The molecule has 1 atom stereocenters. The summed E-state index contributed by atoms with van der Waals surface area (Å²) < 4.78 is 16.8. The van der Waals surface area contributed by atoms with Crippen LogP contribution in [0.5, 0.6) is 0 Å². The van der Waals surface area contributed by atoms with Crippen LogP contribution in [0.3, 0.4) is 0 Å². The van der Waals surface area contributed by atoms with Crippen molar-refractivity contribution >= 4 is 13.4 Å². The number of nitrogens with zero attached hydrogens (tertiary/aromatic N) is 2. The van der Waals surface area contributed by atoms with Crippen molar-refractivity contribution in [3.8, 4) is 0 Å². The van der Waals surface area contributed by atoms with E-state index >= 15 is 0 Å². The summed E-state index contributed by atoms with van der Waals surface area (Å²) in [5, 5.41) is 8.96. The van der Waals surface area contributed by atoms with E-state index in [1.54, 1.807) is 0 Å². The van der Waals surface area contributed by atoms with Gasteiger partial charge in [-0.05, 0) is 12.1 Å². The minimum Gasteiger partial charge on any atom is -0.393 e. The maximum Gasteiger partial charge on any atom is 0.351 e. The molecule has 1 aromatic rings. The van der Waals surface area contributed by atoms with Crippen molar-refractivity contribution in [2.24, 2.45) is 0 Å². The quantitative estimate of drug-likeness (QED) is 0.480. The Morgan fingerprint density at radius 1 is 1.58 bits per heavy atom. The first-order valence-electron chi connectivity index (χ1n) is 5.12. The molecule has 10 heteroatoms. The molecule has 0 aliphatic heterocycles. The molecule has 1 unspecified atom stereocenters. The molecule has 0 radical (unpaired) electrons. The third-order valence-electron chi connectivity index (χ3n) is 2.00. The van der Waals surface area contributed by atoms with E-state index in [1.165, 1.54) is 12.3 Å². The van der Waals surface area contributed by atoms with Gasteiger partial charge in [-0.2, -0.15) is 4.98 Å². The van der Waals surface area contributed by atoms with Crippen LogP contribution in [0, 0.1) is 0 Å². The first-order chi connectivity index (χ1) is 8.81. The van der Waals surface area contributed by atoms with Gasteiger partial charge in [0, 0.05) is 12.0 Å². The molecule has 9 nitrogen and oxygen atoms in total. The van der Waals surface area contributed by atoms with Crippen molar-refractivity contribution in [3.63, 3.8) is 0 Å². The zero-order valence-corrected chi connectivity index (χ0v) is 10.7. The van der Waals surface area contributed by atoms with Gasteiger partial charge in [-0.3, -0.25) is 9.13 Å². The molecule has 0 bridgehead atoms. The number of nitrogen functional groups attached to an aromatic ring is 1. The Hall–Kier alpha value is -1.51. The minimum atomic E-state index is -4.31. The Morgan fingerprint density at radius 3 is 2.79 bits per heavy atom. The van der Waals surface area contributed by atoms with Gasteiger partial charge in [0.05, 0.1) is 6.61 Å². The molecule has 5 N–H and O–H groups in total. The fraction of sp³-hybridized carbons (Fsp3) is 0.333. The van der Waals surface area contributed by atoms with Gasteiger partial charge in [-0.15, -0.1) is 0 Å². The Bertz CT molecular complexity index is 551. The number of anilines is 1. The lowest BCUT2D eigenvalue weighted by Crippen LogP contribution is -2.27. The smallest absolute Gasteiger partial charge is 0.351 e. The molecule has 1 rings (SSSR count). The van der Waals surface area contributed by atoms with E-state index in [1.807, 2.05) is 0 Å². The van der Waals surface area contributed by atoms with E-state index in [9.17, 15) is 9.36 Å². The molecular formula is C9H14N3O6P. The molecule has 0 aliphatic carbocycles. The van der Waals surface area contributed by atoms with Crippen LogP contribution in [0.4, 0.5) is 5.82 Å². The van der Waals surface area contributed by atoms with Gasteiger partial charge < -0.3 is 25.4 Å². The summed E-state index contributed by atoms with van der Waals surface area (Å²) in [6.45, 7) is -0.726. The Balaban J connectivity index is 2.66. The monoisotopic (exact) mass is 291 g/mol. The van der Waals surface area contributed by atoms with Crippen molar-refractivity contribution < 1.29 is 24.2 Å². The molecule has 0 aliphatic rings. The average molecular weight is 291 g/mol. The molecule has 0 saturated heterocycles. The molecule has 1 heterocycles. The summed E-state index contributed by atoms with van der Waals surface area (Å²) in [6.07, 6.45) is 1.43. The number of ether oxygens (including phenoxy) is 1. The van der Waals surface area contributed by atoms with Gasteiger partial charge in [0.2, 0.25) is 0 Å². The third-order valence-corrected chi connectivity index (χ3v) is 2.56. The van der Waals surface area contributed by atoms with E-state index in [2.05, 4.69) is 4.98 Å². The number of aliphatic hydroxyl groups is 1. The van der Waals surface area contributed by atoms with Crippen LogP contribution >= 0.6 is 7.60 Å². The topological polar surface area (TPSA) is 148 Å². The fourth-order valence-electron chi connectivity index (χ4n) is 1.09. The Morgan fingerprint density at radius 2 is 2.26 bits per heavy atom. The number of hydrogen-bond acceptors (Lipinski definition) is 6. The second-order valence-corrected chi connectivity index (χ2v) is 5.03. The summed E-state index contributed by atoms with van der Waals surface area (Å²) in [6, 6.07) is 1.39. The van der Waals surface area contributed by atoms with E-state index < -0.39 is 26.0 Å². The lowest BCUT2D eigenvalue weighted by Gasteiger charge is -2.12. The summed E-state index contributed by atoms with van der Waals surface area (Å²) in [4.78, 5) is 32.1. The van der Waals surface area contributed by atoms with Gasteiger partial charge in [-0.1, -0.05) is 0 Å². The molecule has 0 spiro atoms. The highest BCUT2D eigenvalue weighted by Crippen LogP contribution is 2.36. The second kappa shape index (κ2) is 6.60. The molecular weight excluding hydrogens is 277 g/mol. The van der Waals surface area contributed by atoms with E-state index in [0.29, 0.717) is 5.82 Å². The van der Waals surface area contributed by atoms with E-state index in [-0.39, 0.29) is 12.5 Å². The molecule has 0 amide bonds. The Kier molecular flexibility index (Phi) is 5.40. The molecule has 19 heavy (non-hydrogen) atoms. The predicted octanol–water partition coefficient (Wildman–Crippen LogP) is -1.15. The molecule has 0 saturated carbocycles.